The van der Waals surface area contributed by atoms with Gasteiger partial charge in [0.25, 0.3) is 0 Å². The van der Waals surface area contributed by atoms with Crippen molar-refractivity contribution in [2.75, 3.05) is 19.8 Å². The van der Waals surface area contributed by atoms with Crippen LogP contribution in [-0.4, -0.2) is 24.8 Å². The average molecular weight is 282 g/mol. The van der Waals surface area contributed by atoms with Gasteiger partial charge in [-0.2, -0.15) is 5.26 Å². The summed E-state index contributed by atoms with van der Waals surface area (Å²) in [6.07, 6.45) is 3.46. The number of pyridine rings is 1. The number of hydrogen-bond acceptors (Lipinski definition) is 4. The Labute approximate surface area is 125 Å². The van der Waals surface area contributed by atoms with Gasteiger partial charge in [-0.05, 0) is 36.4 Å². The van der Waals surface area contributed by atoms with Crippen LogP contribution >= 0.6 is 0 Å². The average Bonchev–Trinajstić information content (AvgIpc) is 2.55. The van der Waals surface area contributed by atoms with E-state index in [0.29, 0.717) is 25.4 Å². The lowest BCUT2D eigenvalue weighted by Crippen LogP contribution is -2.05. The SMILES string of the molecule is N#Cc1ccc(OCCCOCCc2ccccn2)cc1. The highest BCUT2D eigenvalue weighted by molar-refractivity contribution is 5.34. The molecule has 0 atom stereocenters. The van der Waals surface area contributed by atoms with Crippen LogP contribution in [0.5, 0.6) is 5.75 Å². The Kier molecular flexibility index (Phi) is 6.24. The van der Waals surface area contributed by atoms with Crippen LogP contribution in [0.2, 0.25) is 0 Å². The van der Waals surface area contributed by atoms with Gasteiger partial charge < -0.3 is 9.47 Å². The van der Waals surface area contributed by atoms with Crippen molar-refractivity contribution in [3.05, 3.63) is 59.9 Å². The number of benzene rings is 1. The molecule has 0 aliphatic rings. The normalized spacial score (nSPS) is 10.0. The van der Waals surface area contributed by atoms with Crippen LogP contribution in [-0.2, 0) is 11.2 Å². The summed E-state index contributed by atoms with van der Waals surface area (Å²) in [5.41, 5.74) is 1.69. The van der Waals surface area contributed by atoms with Crippen molar-refractivity contribution >= 4 is 0 Å². The number of nitriles is 1. The number of aromatic nitrogens is 1. The molecule has 1 aromatic heterocycles. The zero-order chi connectivity index (χ0) is 14.8. The van der Waals surface area contributed by atoms with Crippen molar-refractivity contribution in [2.24, 2.45) is 0 Å². The lowest BCUT2D eigenvalue weighted by atomic mass is 10.2. The molecular formula is C17H18N2O2. The second kappa shape index (κ2) is 8.72. The minimum Gasteiger partial charge on any atom is -0.494 e. The van der Waals surface area contributed by atoms with Gasteiger partial charge in [-0.1, -0.05) is 6.07 Å². The van der Waals surface area contributed by atoms with Crippen LogP contribution in [0.1, 0.15) is 17.7 Å². The number of hydrogen-bond donors (Lipinski definition) is 0. The highest BCUT2D eigenvalue weighted by Crippen LogP contribution is 2.11. The molecule has 1 aromatic carbocycles. The predicted molar refractivity (Wildman–Crippen MR) is 80.0 cm³/mol. The summed E-state index contributed by atoms with van der Waals surface area (Å²) in [6.45, 7) is 1.95. The largest absolute Gasteiger partial charge is 0.494 e. The van der Waals surface area contributed by atoms with Gasteiger partial charge in [0.05, 0.1) is 24.8 Å². The van der Waals surface area contributed by atoms with Crippen LogP contribution in [0.25, 0.3) is 0 Å². The molecule has 4 heteroatoms. The summed E-state index contributed by atoms with van der Waals surface area (Å²) < 4.78 is 11.1. The standard InChI is InChI=1S/C17H18N2O2/c18-14-15-5-7-17(8-6-15)21-12-3-11-20-13-9-16-4-1-2-10-19-16/h1-2,4-8,10H,3,9,11-13H2. The number of nitrogens with zero attached hydrogens (tertiary/aromatic N) is 2. The monoisotopic (exact) mass is 282 g/mol. The zero-order valence-corrected chi connectivity index (χ0v) is 11.9. The van der Waals surface area contributed by atoms with E-state index in [2.05, 4.69) is 11.1 Å². The summed E-state index contributed by atoms with van der Waals surface area (Å²) in [6, 6.07) is 15.1. The van der Waals surface area contributed by atoms with E-state index in [-0.39, 0.29) is 0 Å². The molecule has 2 aromatic rings. The minimum atomic E-state index is 0.607. The fraction of sp³-hybridized carbons (Fsp3) is 0.294. The Morgan fingerprint density at radius 1 is 1.00 bits per heavy atom. The molecule has 0 N–H and O–H groups in total. The maximum atomic E-state index is 8.70. The predicted octanol–water partition coefficient (Wildman–Crippen LogP) is 2.98. The third kappa shape index (κ3) is 5.64. The molecule has 0 amide bonds. The molecule has 0 aliphatic carbocycles. The molecule has 0 aliphatic heterocycles. The second-order valence-electron chi connectivity index (χ2n) is 4.52. The maximum absolute atomic E-state index is 8.70. The summed E-state index contributed by atoms with van der Waals surface area (Å²) in [4.78, 5) is 4.24. The molecule has 1 heterocycles. The summed E-state index contributed by atoms with van der Waals surface area (Å²) in [7, 11) is 0. The Balaban J connectivity index is 1.53. The highest BCUT2D eigenvalue weighted by Gasteiger charge is 1.96. The van der Waals surface area contributed by atoms with Gasteiger partial charge >= 0.3 is 0 Å². The van der Waals surface area contributed by atoms with Gasteiger partial charge in [0.2, 0.25) is 0 Å². The van der Waals surface area contributed by atoms with Crippen molar-refractivity contribution in [1.29, 1.82) is 5.26 Å². The summed E-state index contributed by atoms with van der Waals surface area (Å²) in [5.74, 6) is 0.780. The number of ether oxygens (including phenoxy) is 2. The summed E-state index contributed by atoms with van der Waals surface area (Å²) >= 11 is 0. The van der Waals surface area contributed by atoms with Crippen molar-refractivity contribution in [1.82, 2.24) is 4.98 Å². The Morgan fingerprint density at radius 3 is 2.57 bits per heavy atom. The topological polar surface area (TPSA) is 55.1 Å². The zero-order valence-electron chi connectivity index (χ0n) is 11.9. The first kappa shape index (κ1) is 15.0. The van der Waals surface area contributed by atoms with Gasteiger partial charge in [-0.3, -0.25) is 4.98 Å². The van der Waals surface area contributed by atoms with Gasteiger partial charge in [0.15, 0.2) is 0 Å². The fourth-order valence-corrected chi connectivity index (χ4v) is 1.80. The van der Waals surface area contributed by atoms with Crippen LogP contribution in [0.15, 0.2) is 48.7 Å². The molecule has 0 fully saturated rings. The molecular weight excluding hydrogens is 264 g/mol. The molecule has 2 rings (SSSR count). The van der Waals surface area contributed by atoms with E-state index in [1.807, 2.05) is 18.2 Å². The van der Waals surface area contributed by atoms with E-state index in [0.717, 1.165) is 24.3 Å². The smallest absolute Gasteiger partial charge is 0.119 e. The summed E-state index contributed by atoms with van der Waals surface area (Å²) in [5, 5.41) is 8.70. The van der Waals surface area contributed by atoms with Gasteiger partial charge in [-0.15, -0.1) is 0 Å². The lowest BCUT2D eigenvalue weighted by molar-refractivity contribution is 0.121. The molecule has 21 heavy (non-hydrogen) atoms. The molecule has 0 spiro atoms. The third-order valence-electron chi connectivity index (χ3n) is 2.91. The van der Waals surface area contributed by atoms with E-state index < -0.39 is 0 Å². The van der Waals surface area contributed by atoms with Crippen molar-refractivity contribution in [3.63, 3.8) is 0 Å². The van der Waals surface area contributed by atoms with Crippen LogP contribution in [0.3, 0.4) is 0 Å². The Morgan fingerprint density at radius 2 is 1.86 bits per heavy atom. The van der Waals surface area contributed by atoms with Crippen LogP contribution in [0.4, 0.5) is 0 Å². The molecule has 0 unspecified atom stereocenters. The van der Waals surface area contributed by atoms with E-state index >= 15 is 0 Å². The second-order valence-corrected chi connectivity index (χ2v) is 4.52. The van der Waals surface area contributed by atoms with Gasteiger partial charge in [-0.25, -0.2) is 0 Å². The number of rotatable bonds is 8. The molecule has 4 nitrogen and oxygen atoms in total. The molecule has 0 saturated carbocycles. The first-order chi connectivity index (χ1) is 10.4. The maximum Gasteiger partial charge on any atom is 0.119 e. The lowest BCUT2D eigenvalue weighted by Gasteiger charge is -2.07. The van der Waals surface area contributed by atoms with E-state index in [1.54, 1.807) is 30.5 Å². The van der Waals surface area contributed by atoms with Gasteiger partial charge in [0, 0.05) is 31.3 Å². The first-order valence-electron chi connectivity index (χ1n) is 6.99. The van der Waals surface area contributed by atoms with E-state index in [1.165, 1.54) is 0 Å². The molecule has 0 bridgehead atoms. The van der Waals surface area contributed by atoms with Crippen LogP contribution in [0, 0.1) is 11.3 Å². The van der Waals surface area contributed by atoms with Crippen molar-refractivity contribution in [3.8, 4) is 11.8 Å². The third-order valence-corrected chi connectivity index (χ3v) is 2.91. The van der Waals surface area contributed by atoms with Crippen molar-refractivity contribution < 1.29 is 9.47 Å². The fourth-order valence-electron chi connectivity index (χ4n) is 1.80. The Hall–Kier alpha value is -2.38. The van der Waals surface area contributed by atoms with Gasteiger partial charge in [0.1, 0.15) is 5.75 Å². The quantitative estimate of drug-likeness (QED) is 0.698. The molecule has 0 saturated heterocycles. The molecule has 0 radical (unpaired) electrons. The minimum absolute atomic E-state index is 0.607. The van der Waals surface area contributed by atoms with Crippen LogP contribution < -0.4 is 4.74 Å². The van der Waals surface area contributed by atoms with Crippen molar-refractivity contribution in [2.45, 2.75) is 12.8 Å². The van der Waals surface area contributed by atoms with E-state index in [4.69, 9.17) is 14.7 Å². The first-order valence-corrected chi connectivity index (χ1v) is 6.99. The highest BCUT2D eigenvalue weighted by atomic mass is 16.5. The molecule has 108 valence electrons. The van der Waals surface area contributed by atoms with E-state index in [9.17, 15) is 0 Å². The Bertz CT molecular complexity index is 562.